The van der Waals surface area contributed by atoms with Crippen molar-refractivity contribution < 1.29 is 9.21 Å². The number of carbonyl (C=O) groups is 1. The summed E-state index contributed by atoms with van der Waals surface area (Å²) in [5.74, 6) is 0.827. The Kier molecular flexibility index (Phi) is 3.43. The summed E-state index contributed by atoms with van der Waals surface area (Å²) in [7, 11) is 0. The molecule has 0 unspecified atom stereocenters. The summed E-state index contributed by atoms with van der Waals surface area (Å²) in [5, 5.41) is 3.07. The molecule has 0 saturated heterocycles. The van der Waals surface area contributed by atoms with Crippen molar-refractivity contribution in [2.75, 3.05) is 0 Å². The first-order valence-corrected chi connectivity index (χ1v) is 9.09. The van der Waals surface area contributed by atoms with Gasteiger partial charge in [-0.3, -0.25) is 4.79 Å². The van der Waals surface area contributed by atoms with Gasteiger partial charge in [-0.15, -0.1) is 11.3 Å². The second kappa shape index (κ2) is 5.93. The molecule has 4 heteroatoms. The van der Waals surface area contributed by atoms with Crippen LogP contribution in [0.15, 0.2) is 83.3 Å². The number of hydrogen-bond acceptors (Lipinski definition) is 4. The highest BCUT2D eigenvalue weighted by Crippen LogP contribution is 2.35. The average Bonchev–Trinajstić information content (AvgIpc) is 3.35. The molecule has 0 atom stereocenters. The molecule has 124 valence electrons. The summed E-state index contributed by atoms with van der Waals surface area (Å²) in [4.78, 5) is 17.3. The highest BCUT2D eigenvalue weighted by molar-refractivity contribution is 7.21. The van der Waals surface area contributed by atoms with E-state index in [9.17, 15) is 4.79 Å². The maximum absolute atomic E-state index is 12.5. The Labute approximate surface area is 153 Å². The predicted molar refractivity (Wildman–Crippen MR) is 105 cm³/mol. The maximum atomic E-state index is 12.5. The third-order valence-corrected chi connectivity index (χ3v) is 5.40. The number of nitrogens with zero attached hydrogens (tertiary/aromatic N) is 1. The zero-order valence-electron chi connectivity index (χ0n) is 13.7. The van der Waals surface area contributed by atoms with E-state index in [4.69, 9.17) is 9.40 Å². The third kappa shape index (κ3) is 2.43. The van der Waals surface area contributed by atoms with Crippen LogP contribution in [0.25, 0.3) is 31.8 Å². The van der Waals surface area contributed by atoms with Gasteiger partial charge in [0.2, 0.25) is 5.78 Å². The van der Waals surface area contributed by atoms with Crippen molar-refractivity contribution in [2.45, 2.75) is 0 Å². The van der Waals surface area contributed by atoms with Crippen LogP contribution in [0.3, 0.4) is 0 Å². The van der Waals surface area contributed by atoms with Gasteiger partial charge in [-0.05, 0) is 23.6 Å². The van der Waals surface area contributed by atoms with Crippen molar-refractivity contribution in [1.82, 2.24) is 4.98 Å². The minimum atomic E-state index is -0.122. The molecule has 0 bridgehead atoms. The van der Waals surface area contributed by atoms with Crippen LogP contribution < -0.4 is 0 Å². The summed E-state index contributed by atoms with van der Waals surface area (Å²) >= 11 is 1.57. The van der Waals surface area contributed by atoms with Gasteiger partial charge in [0.1, 0.15) is 0 Å². The first kappa shape index (κ1) is 15.0. The fraction of sp³-hybridized carbons (Fsp3) is 0. The predicted octanol–water partition coefficient (Wildman–Crippen LogP) is 5.94. The van der Waals surface area contributed by atoms with E-state index < -0.39 is 0 Å². The number of rotatable bonds is 3. The lowest BCUT2D eigenvalue weighted by Gasteiger charge is -1.96. The SMILES string of the molecule is O=C(c1ccccc1)c1ccc(-c2nc3c(ccc4ccccc43)s2)o1. The van der Waals surface area contributed by atoms with Gasteiger partial charge in [-0.1, -0.05) is 60.7 Å². The summed E-state index contributed by atoms with van der Waals surface area (Å²) in [6, 6.07) is 25.1. The van der Waals surface area contributed by atoms with Crippen molar-refractivity contribution >= 4 is 38.1 Å². The van der Waals surface area contributed by atoms with E-state index in [1.165, 1.54) is 0 Å². The van der Waals surface area contributed by atoms with Crippen LogP contribution in [0.4, 0.5) is 0 Å². The van der Waals surface area contributed by atoms with Gasteiger partial charge in [0.25, 0.3) is 0 Å². The molecule has 3 aromatic carbocycles. The first-order valence-electron chi connectivity index (χ1n) is 8.28. The summed E-state index contributed by atoms with van der Waals surface area (Å²) in [5.41, 5.74) is 1.58. The van der Waals surface area contributed by atoms with Gasteiger partial charge in [0.15, 0.2) is 16.5 Å². The molecular formula is C22H13NO2S. The number of benzene rings is 3. The Hall–Kier alpha value is -3.24. The molecule has 0 fully saturated rings. The lowest BCUT2D eigenvalue weighted by Crippen LogP contribution is -1.98. The molecule has 26 heavy (non-hydrogen) atoms. The molecule has 5 aromatic rings. The number of carbonyl (C=O) groups excluding carboxylic acids is 1. The Balaban J connectivity index is 1.58. The van der Waals surface area contributed by atoms with Gasteiger partial charge in [0, 0.05) is 10.9 Å². The number of fused-ring (bicyclic) bond motifs is 3. The highest BCUT2D eigenvalue weighted by atomic mass is 32.1. The number of thiazole rings is 1. The molecule has 2 heterocycles. The molecule has 0 aliphatic heterocycles. The van der Waals surface area contributed by atoms with Gasteiger partial charge < -0.3 is 4.42 Å². The minimum Gasteiger partial charge on any atom is -0.450 e. The zero-order chi connectivity index (χ0) is 17.5. The number of ketones is 1. The standard InChI is InChI=1S/C22H13NO2S/c24-21(15-7-2-1-3-8-15)17-11-12-18(25-17)22-23-20-16-9-5-4-6-14(16)10-13-19(20)26-22/h1-13H. The molecule has 0 saturated carbocycles. The van der Waals surface area contributed by atoms with E-state index in [1.54, 1.807) is 29.5 Å². The minimum absolute atomic E-state index is 0.122. The molecule has 0 radical (unpaired) electrons. The van der Waals surface area contributed by atoms with Crippen LogP contribution in [0.1, 0.15) is 16.1 Å². The van der Waals surface area contributed by atoms with Crippen LogP contribution in [0.5, 0.6) is 0 Å². The molecule has 3 nitrogen and oxygen atoms in total. The molecule has 0 N–H and O–H groups in total. The smallest absolute Gasteiger partial charge is 0.228 e. The van der Waals surface area contributed by atoms with Gasteiger partial charge in [0.05, 0.1) is 10.2 Å². The van der Waals surface area contributed by atoms with Crippen LogP contribution in [-0.4, -0.2) is 10.8 Å². The topological polar surface area (TPSA) is 43.1 Å². The van der Waals surface area contributed by atoms with Crippen molar-refractivity contribution in [3.05, 3.63) is 90.2 Å². The Morgan fingerprint density at radius 2 is 1.65 bits per heavy atom. The van der Waals surface area contributed by atoms with Gasteiger partial charge >= 0.3 is 0 Å². The van der Waals surface area contributed by atoms with Crippen LogP contribution in [0.2, 0.25) is 0 Å². The lowest BCUT2D eigenvalue weighted by molar-refractivity contribution is 0.101. The van der Waals surface area contributed by atoms with Crippen molar-refractivity contribution in [3.8, 4) is 10.8 Å². The highest BCUT2D eigenvalue weighted by Gasteiger charge is 2.17. The molecule has 5 rings (SSSR count). The fourth-order valence-corrected chi connectivity index (χ4v) is 4.02. The number of aromatic nitrogens is 1. The average molecular weight is 355 g/mol. The summed E-state index contributed by atoms with van der Waals surface area (Å²) in [6.07, 6.45) is 0. The molecule has 0 spiro atoms. The molecule has 0 aliphatic carbocycles. The lowest BCUT2D eigenvalue weighted by atomic mass is 10.1. The quantitative estimate of drug-likeness (QED) is 0.376. The fourth-order valence-electron chi connectivity index (χ4n) is 3.07. The van der Waals surface area contributed by atoms with E-state index in [0.29, 0.717) is 17.1 Å². The van der Waals surface area contributed by atoms with E-state index in [0.717, 1.165) is 26.0 Å². The van der Waals surface area contributed by atoms with E-state index in [-0.39, 0.29) is 5.78 Å². The van der Waals surface area contributed by atoms with Gasteiger partial charge in [-0.2, -0.15) is 0 Å². The maximum Gasteiger partial charge on any atom is 0.228 e. The second-order valence-corrected chi connectivity index (χ2v) is 7.04. The zero-order valence-corrected chi connectivity index (χ0v) is 14.5. The number of hydrogen-bond donors (Lipinski definition) is 0. The molecular weight excluding hydrogens is 342 g/mol. The second-order valence-electron chi connectivity index (χ2n) is 6.01. The monoisotopic (exact) mass is 355 g/mol. The Bertz CT molecular complexity index is 1250. The van der Waals surface area contributed by atoms with Gasteiger partial charge in [-0.25, -0.2) is 4.98 Å². The van der Waals surface area contributed by atoms with E-state index >= 15 is 0 Å². The Morgan fingerprint density at radius 1 is 0.846 bits per heavy atom. The van der Waals surface area contributed by atoms with Crippen LogP contribution in [0, 0.1) is 0 Å². The van der Waals surface area contributed by atoms with Crippen molar-refractivity contribution in [1.29, 1.82) is 0 Å². The Morgan fingerprint density at radius 3 is 2.54 bits per heavy atom. The summed E-state index contributed by atoms with van der Waals surface area (Å²) in [6.45, 7) is 0. The van der Waals surface area contributed by atoms with Crippen LogP contribution in [-0.2, 0) is 0 Å². The molecule has 0 aliphatic rings. The van der Waals surface area contributed by atoms with E-state index in [1.807, 2.05) is 36.4 Å². The van der Waals surface area contributed by atoms with Crippen LogP contribution >= 0.6 is 11.3 Å². The molecule has 2 aromatic heterocycles. The van der Waals surface area contributed by atoms with Crippen molar-refractivity contribution in [3.63, 3.8) is 0 Å². The van der Waals surface area contributed by atoms with Crippen molar-refractivity contribution in [2.24, 2.45) is 0 Å². The van der Waals surface area contributed by atoms with E-state index in [2.05, 4.69) is 24.3 Å². The normalized spacial score (nSPS) is 11.2. The largest absolute Gasteiger partial charge is 0.450 e. The third-order valence-electron chi connectivity index (χ3n) is 4.36. The first-order chi connectivity index (χ1) is 12.8. The molecule has 0 amide bonds. The number of furan rings is 1. The summed E-state index contributed by atoms with van der Waals surface area (Å²) < 4.78 is 6.93.